The van der Waals surface area contributed by atoms with Crippen LogP contribution in [-0.4, -0.2) is 48.5 Å². The van der Waals surface area contributed by atoms with Crippen LogP contribution in [0.3, 0.4) is 0 Å². The normalized spacial score (nSPS) is 10.9. The maximum atomic E-state index is 13.1. The number of carbonyl (C=O) groups excluding carboxylic acids is 3. The number of hydrogen-bond donors (Lipinski definition) is 2. The number of nitrogens with one attached hydrogen (secondary N) is 1. The maximum absolute atomic E-state index is 13.1. The number of esters is 1. The van der Waals surface area contributed by atoms with E-state index in [4.69, 9.17) is 15.2 Å². The molecule has 2 aromatic carbocycles. The molecule has 0 aliphatic heterocycles. The first-order valence-electron chi connectivity index (χ1n) is 9.06. The number of aromatic nitrogens is 2. The fraction of sp³-hybridized carbons (Fsp3) is 0.143. The van der Waals surface area contributed by atoms with E-state index in [-0.39, 0.29) is 22.8 Å². The number of hydrogen-bond acceptors (Lipinski definition) is 6. The van der Waals surface area contributed by atoms with Gasteiger partial charge in [0.2, 0.25) is 0 Å². The van der Waals surface area contributed by atoms with Crippen molar-refractivity contribution in [2.45, 2.75) is 0 Å². The molecule has 0 bridgehead atoms. The van der Waals surface area contributed by atoms with E-state index in [2.05, 4.69) is 10.4 Å². The van der Waals surface area contributed by atoms with Crippen molar-refractivity contribution in [3.63, 3.8) is 0 Å². The highest BCUT2D eigenvalue weighted by Crippen LogP contribution is 2.34. The standard InChI is InChI=1S/C21H19FN4O5/c1-24-17(27)11-31-20(28)14-8-10-16-18(19(14)30-2)15(25-26(16)21(23)29)9-5-12-3-6-13(22)7-4-12/h3-10H,11H2,1-2H3,(H2,23,29)(H,24,27). The number of methoxy groups -OCH3 is 1. The topological polar surface area (TPSA) is 126 Å². The summed E-state index contributed by atoms with van der Waals surface area (Å²) < 4.78 is 24.5. The molecule has 0 aliphatic rings. The van der Waals surface area contributed by atoms with Gasteiger partial charge in [-0.25, -0.2) is 14.0 Å². The second kappa shape index (κ2) is 9.08. The summed E-state index contributed by atoms with van der Waals surface area (Å²) in [6.45, 7) is -0.464. The number of fused-ring (bicyclic) bond motifs is 1. The molecule has 2 amide bonds. The second-order valence-electron chi connectivity index (χ2n) is 6.31. The third-order valence-electron chi connectivity index (χ3n) is 4.38. The van der Waals surface area contributed by atoms with Gasteiger partial charge in [-0.3, -0.25) is 4.79 Å². The highest BCUT2D eigenvalue weighted by molar-refractivity contribution is 6.06. The minimum Gasteiger partial charge on any atom is -0.495 e. The molecule has 0 radical (unpaired) electrons. The van der Waals surface area contributed by atoms with Gasteiger partial charge >= 0.3 is 12.0 Å². The smallest absolute Gasteiger partial charge is 0.342 e. The predicted octanol–water partition coefficient (Wildman–Crippen LogP) is 2.18. The van der Waals surface area contributed by atoms with Gasteiger partial charge in [0.15, 0.2) is 6.61 Å². The fourth-order valence-corrected chi connectivity index (χ4v) is 2.90. The Kier molecular flexibility index (Phi) is 6.29. The molecule has 0 saturated heterocycles. The lowest BCUT2D eigenvalue weighted by Crippen LogP contribution is -2.25. The summed E-state index contributed by atoms with van der Waals surface area (Å²) >= 11 is 0. The molecule has 0 spiro atoms. The molecule has 0 atom stereocenters. The summed E-state index contributed by atoms with van der Waals surface area (Å²) in [7, 11) is 2.76. The summed E-state index contributed by atoms with van der Waals surface area (Å²) in [4.78, 5) is 35.7. The SMILES string of the molecule is CNC(=O)COC(=O)c1ccc2c(c(C=Cc3ccc(F)cc3)nn2C(N)=O)c1OC. The number of ether oxygens (including phenoxy) is 2. The molecular formula is C21H19FN4O5. The van der Waals surface area contributed by atoms with Gasteiger partial charge in [-0.15, -0.1) is 0 Å². The van der Waals surface area contributed by atoms with Crippen molar-refractivity contribution in [2.24, 2.45) is 5.73 Å². The third-order valence-corrected chi connectivity index (χ3v) is 4.38. The molecule has 1 heterocycles. The lowest BCUT2D eigenvalue weighted by molar-refractivity contribution is -0.123. The first-order chi connectivity index (χ1) is 14.8. The van der Waals surface area contributed by atoms with Gasteiger partial charge < -0.3 is 20.5 Å². The molecule has 1 aromatic heterocycles. The Labute approximate surface area is 176 Å². The van der Waals surface area contributed by atoms with Gasteiger partial charge in [-0.05, 0) is 35.9 Å². The average Bonchev–Trinajstić information content (AvgIpc) is 3.15. The predicted molar refractivity (Wildman–Crippen MR) is 111 cm³/mol. The summed E-state index contributed by atoms with van der Waals surface area (Å²) in [5, 5.41) is 6.89. The molecule has 160 valence electrons. The van der Waals surface area contributed by atoms with E-state index in [1.165, 1.54) is 38.4 Å². The Morgan fingerprint density at radius 1 is 1.16 bits per heavy atom. The summed E-state index contributed by atoms with van der Waals surface area (Å²) in [5.74, 6) is -1.53. The van der Waals surface area contributed by atoms with Crippen LogP contribution < -0.4 is 15.8 Å². The number of carbonyl (C=O) groups is 3. The van der Waals surface area contributed by atoms with Crippen molar-refractivity contribution in [3.8, 4) is 5.75 Å². The van der Waals surface area contributed by atoms with Crippen LogP contribution in [-0.2, 0) is 9.53 Å². The molecule has 3 N–H and O–H groups in total. The van der Waals surface area contributed by atoms with Crippen LogP contribution in [0, 0.1) is 5.82 Å². The highest BCUT2D eigenvalue weighted by atomic mass is 19.1. The quantitative estimate of drug-likeness (QED) is 0.582. The molecule has 9 nitrogen and oxygen atoms in total. The Morgan fingerprint density at radius 3 is 2.48 bits per heavy atom. The molecule has 0 unspecified atom stereocenters. The molecule has 0 fully saturated rings. The number of halogens is 1. The van der Waals surface area contributed by atoms with Crippen molar-refractivity contribution in [2.75, 3.05) is 20.8 Å². The fourth-order valence-electron chi connectivity index (χ4n) is 2.90. The van der Waals surface area contributed by atoms with E-state index in [9.17, 15) is 18.8 Å². The zero-order chi connectivity index (χ0) is 22.5. The van der Waals surface area contributed by atoms with Crippen molar-refractivity contribution >= 4 is 41.0 Å². The van der Waals surface area contributed by atoms with Gasteiger partial charge in [0.1, 0.15) is 17.1 Å². The van der Waals surface area contributed by atoms with Crippen LogP contribution in [0.4, 0.5) is 9.18 Å². The minimum atomic E-state index is -0.830. The Hall–Kier alpha value is -4.21. The van der Waals surface area contributed by atoms with E-state index in [1.807, 2.05) is 0 Å². The Bertz CT molecular complexity index is 1180. The van der Waals surface area contributed by atoms with Gasteiger partial charge in [0.05, 0.1) is 23.7 Å². The van der Waals surface area contributed by atoms with E-state index in [0.29, 0.717) is 16.5 Å². The number of amides is 2. The van der Waals surface area contributed by atoms with Crippen molar-refractivity contribution in [1.82, 2.24) is 15.1 Å². The van der Waals surface area contributed by atoms with Crippen molar-refractivity contribution < 1.29 is 28.2 Å². The number of primary amides is 1. The van der Waals surface area contributed by atoms with E-state index in [0.717, 1.165) is 4.68 Å². The zero-order valence-corrected chi connectivity index (χ0v) is 16.7. The highest BCUT2D eigenvalue weighted by Gasteiger charge is 2.23. The number of likely N-dealkylation sites (N-methyl/N-ethyl adjacent to an activating group) is 1. The number of nitrogens with zero attached hydrogens (tertiary/aromatic N) is 2. The molecule has 0 saturated carbocycles. The second-order valence-corrected chi connectivity index (χ2v) is 6.31. The molecule has 10 heteroatoms. The Balaban J connectivity index is 2.10. The van der Waals surface area contributed by atoms with Gasteiger partial charge in [-0.1, -0.05) is 18.2 Å². The lowest BCUT2D eigenvalue weighted by atomic mass is 10.1. The van der Waals surface area contributed by atoms with Crippen LogP contribution >= 0.6 is 0 Å². The third kappa shape index (κ3) is 4.53. The van der Waals surface area contributed by atoms with Crippen LogP contribution in [0.1, 0.15) is 21.6 Å². The van der Waals surface area contributed by atoms with E-state index < -0.39 is 24.5 Å². The summed E-state index contributed by atoms with van der Waals surface area (Å²) in [6.07, 6.45) is 3.24. The molecule has 3 aromatic rings. The van der Waals surface area contributed by atoms with Crippen LogP contribution in [0.15, 0.2) is 36.4 Å². The van der Waals surface area contributed by atoms with Crippen LogP contribution in [0.25, 0.3) is 23.1 Å². The summed E-state index contributed by atoms with van der Waals surface area (Å²) in [5.41, 5.74) is 6.75. The monoisotopic (exact) mass is 426 g/mol. The van der Waals surface area contributed by atoms with Crippen molar-refractivity contribution in [3.05, 3.63) is 59.0 Å². The molecule has 0 aliphatic carbocycles. The average molecular weight is 426 g/mol. The first kappa shape index (κ1) is 21.5. The molecular weight excluding hydrogens is 407 g/mol. The number of benzene rings is 2. The molecule has 3 rings (SSSR count). The minimum absolute atomic E-state index is 0.0411. The number of rotatable bonds is 6. The largest absolute Gasteiger partial charge is 0.495 e. The van der Waals surface area contributed by atoms with Crippen LogP contribution in [0.2, 0.25) is 0 Å². The van der Waals surface area contributed by atoms with E-state index >= 15 is 0 Å². The summed E-state index contributed by atoms with van der Waals surface area (Å²) in [6, 6.07) is 7.78. The van der Waals surface area contributed by atoms with Gasteiger partial charge in [0.25, 0.3) is 5.91 Å². The first-order valence-corrected chi connectivity index (χ1v) is 9.06. The zero-order valence-electron chi connectivity index (χ0n) is 16.7. The Morgan fingerprint density at radius 2 is 1.87 bits per heavy atom. The van der Waals surface area contributed by atoms with Gasteiger partial charge in [-0.2, -0.15) is 9.78 Å². The van der Waals surface area contributed by atoms with E-state index in [1.54, 1.807) is 24.3 Å². The van der Waals surface area contributed by atoms with Gasteiger partial charge in [0, 0.05) is 7.05 Å². The van der Waals surface area contributed by atoms with Crippen molar-refractivity contribution in [1.29, 1.82) is 0 Å². The molecule has 31 heavy (non-hydrogen) atoms. The van der Waals surface area contributed by atoms with Crippen LogP contribution in [0.5, 0.6) is 5.75 Å². The maximum Gasteiger partial charge on any atom is 0.342 e. The lowest BCUT2D eigenvalue weighted by Gasteiger charge is -2.10. The number of nitrogens with two attached hydrogens (primary N) is 1.